The van der Waals surface area contributed by atoms with Crippen molar-refractivity contribution < 1.29 is 0 Å². The van der Waals surface area contributed by atoms with E-state index >= 15 is 0 Å². The van der Waals surface area contributed by atoms with E-state index in [9.17, 15) is 0 Å². The second-order valence-corrected chi connectivity index (χ2v) is 3.98. The summed E-state index contributed by atoms with van der Waals surface area (Å²) in [7, 11) is 0. The number of rotatable bonds is 1. The van der Waals surface area contributed by atoms with Crippen molar-refractivity contribution in [2.75, 3.05) is 6.54 Å². The summed E-state index contributed by atoms with van der Waals surface area (Å²) in [5.41, 5.74) is 2.62. The lowest BCUT2D eigenvalue weighted by Crippen LogP contribution is -2.29. The molecule has 0 spiro atoms. The number of hydrogen-bond donors (Lipinski definition) is 1. The van der Waals surface area contributed by atoms with Gasteiger partial charge in [0.15, 0.2) is 0 Å². The lowest BCUT2D eigenvalue weighted by Gasteiger charge is -2.19. The van der Waals surface area contributed by atoms with Gasteiger partial charge in [0.1, 0.15) is 5.82 Å². The Balaban J connectivity index is 2.48. The highest BCUT2D eigenvalue weighted by Gasteiger charge is 2.18. The van der Waals surface area contributed by atoms with E-state index in [1.54, 1.807) is 0 Å². The average Bonchev–Trinajstić information content (AvgIpc) is 2.39. The van der Waals surface area contributed by atoms with Crippen molar-refractivity contribution in [3.8, 4) is 0 Å². The SMILES string of the molecule is Cc1nc2n(c1C(C)C)CCNC2. The fourth-order valence-corrected chi connectivity index (χ4v) is 2.15. The quantitative estimate of drug-likeness (QED) is 0.706. The molecule has 0 amide bonds. The van der Waals surface area contributed by atoms with Crippen molar-refractivity contribution >= 4 is 0 Å². The Hall–Kier alpha value is -0.830. The molecule has 1 aromatic rings. The van der Waals surface area contributed by atoms with Gasteiger partial charge in [-0.25, -0.2) is 4.98 Å². The highest BCUT2D eigenvalue weighted by molar-refractivity contribution is 5.20. The fraction of sp³-hybridized carbons (Fsp3) is 0.700. The molecule has 72 valence electrons. The van der Waals surface area contributed by atoms with Crippen molar-refractivity contribution in [3.05, 3.63) is 17.2 Å². The van der Waals surface area contributed by atoms with Crippen LogP contribution in [-0.4, -0.2) is 16.1 Å². The van der Waals surface area contributed by atoms with E-state index in [2.05, 4.69) is 35.6 Å². The topological polar surface area (TPSA) is 29.9 Å². The summed E-state index contributed by atoms with van der Waals surface area (Å²) in [6.45, 7) is 9.65. The van der Waals surface area contributed by atoms with Crippen LogP contribution in [0, 0.1) is 6.92 Å². The van der Waals surface area contributed by atoms with Gasteiger partial charge < -0.3 is 9.88 Å². The third-order valence-electron chi connectivity index (χ3n) is 2.61. The van der Waals surface area contributed by atoms with Crippen LogP contribution in [0.5, 0.6) is 0 Å². The number of nitrogens with one attached hydrogen (secondary N) is 1. The van der Waals surface area contributed by atoms with E-state index in [1.165, 1.54) is 17.2 Å². The number of hydrogen-bond acceptors (Lipinski definition) is 2. The highest BCUT2D eigenvalue weighted by atomic mass is 15.2. The predicted molar refractivity (Wildman–Crippen MR) is 52.8 cm³/mol. The minimum atomic E-state index is 0.583. The van der Waals surface area contributed by atoms with Crippen LogP contribution in [0.1, 0.15) is 37.0 Å². The molecule has 2 rings (SSSR count). The second kappa shape index (κ2) is 3.14. The van der Waals surface area contributed by atoms with E-state index in [-0.39, 0.29) is 0 Å². The first-order chi connectivity index (χ1) is 6.20. The molecule has 1 N–H and O–H groups in total. The average molecular weight is 179 g/mol. The standard InChI is InChI=1S/C10H17N3/c1-7(2)10-8(3)12-9-6-11-4-5-13(9)10/h7,11H,4-6H2,1-3H3. The fourth-order valence-electron chi connectivity index (χ4n) is 2.15. The van der Waals surface area contributed by atoms with Crippen molar-refractivity contribution in [1.82, 2.24) is 14.9 Å². The van der Waals surface area contributed by atoms with Gasteiger partial charge in [-0.15, -0.1) is 0 Å². The van der Waals surface area contributed by atoms with Gasteiger partial charge in [0.2, 0.25) is 0 Å². The lowest BCUT2D eigenvalue weighted by molar-refractivity contribution is 0.487. The first kappa shape index (κ1) is 8.75. The summed E-state index contributed by atoms with van der Waals surface area (Å²) in [5.74, 6) is 1.78. The molecule has 0 fully saturated rings. The van der Waals surface area contributed by atoms with Gasteiger partial charge >= 0.3 is 0 Å². The molecule has 1 aliphatic rings. The van der Waals surface area contributed by atoms with Crippen LogP contribution in [0.4, 0.5) is 0 Å². The van der Waals surface area contributed by atoms with Crippen LogP contribution in [0.2, 0.25) is 0 Å². The molecular formula is C10H17N3. The van der Waals surface area contributed by atoms with Crippen molar-refractivity contribution in [1.29, 1.82) is 0 Å². The molecule has 1 aromatic heterocycles. The molecule has 0 radical (unpaired) electrons. The predicted octanol–water partition coefficient (Wildman–Crippen LogP) is 1.42. The summed E-state index contributed by atoms with van der Waals surface area (Å²) in [6, 6.07) is 0. The summed E-state index contributed by atoms with van der Waals surface area (Å²) < 4.78 is 2.37. The molecule has 1 aliphatic heterocycles. The van der Waals surface area contributed by atoms with Crippen molar-refractivity contribution in [3.63, 3.8) is 0 Å². The van der Waals surface area contributed by atoms with Gasteiger partial charge in [0.05, 0.1) is 12.2 Å². The maximum Gasteiger partial charge on any atom is 0.123 e. The van der Waals surface area contributed by atoms with Gasteiger partial charge in [-0.2, -0.15) is 0 Å². The third kappa shape index (κ3) is 1.37. The Morgan fingerprint density at radius 2 is 2.23 bits per heavy atom. The van der Waals surface area contributed by atoms with E-state index in [0.717, 1.165) is 19.6 Å². The first-order valence-corrected chi connectivity index (χ1v) is 4.96. The number of aryl methyl sites for hydroxylation is 1. The van der Waals surface area contributed by atoms with E-state index in [0.29, 0.717) is 5.92 Å². The van der Waals surface area contributed by atoms with E-state index in [1.807, 2.05) is 0 Å². The Morgan fingerprint density at radius 1 is 1.46 bits per heavy atom. The molecule has 0 aliphatic carbocycles. The third-order valence-corrected chi connectivity index (χ3v) is 2.61. The molecule has 0 saturated heterocycles. The number of nitrogens with zero attached hydrogens (tertiary/aromatic N) is 2. The second-order valence-electron chi connectivity index (χ2n) is 3.98. The summed E-state index contributed by atoms with van der Waals surface area (Å²) in [4.78, 5) is 4.57. The van der Waals surface area contributed by atoms with Crippen LogP contribution < -0.4 is 5.32 Å². The molecule has 0 bridgehead atoms. The van der Waals surface area contributed by atoms with Gasteiger partial charge in [-0.1, -0.05) is 13.8 Å². The smallest absolute Gasteiger partial charge is 0.123 e. The lowest BCUT2D eigenvalue weighted by atomic mass is 10.1. The van der Waals surface area contributed by atoms with Crippen LogP contribution >= 0.6 is 0 Å². The molecule has 3 nitrogen and oxygen atoms in total. The summed E-state index contributed by atoms with van der Waals surface area (Å²) in [6.07, 6.45) is 0. The van der Waals surface area contributed by atoms with Crippen LogP contribution in [-0.2, 0) is 13.1 Å². The number of imidazole rings is 1. The van der Waals surface area contributed by atoms with Crippen LogP contribution in [0.25, 0.3) is 0 Å². The van der Waals surface area contributed by atoms with E-state index in [4.69, 9.17) is 0 Å². The molecule has 2 heterocycles. The highest BCUT2D eigenvalue weighted by Crippen LogP contribution is 2.21. The van der Waals surface area contributed by atoms with Crippen LogP contribution in [0.15, 0.2) is 0 Å². The molecular weight excluding hydrogens is 162 g/mol. The molecule has 0 atom stereocenters. The molecule has 0 unspecified atom stereocenters. The largest absolute Gasteiger partial charge is 0.329 e. The van der Waals surface area contributed by atoms with Crippen LogP contribution in [0.3, 0.4) is 0 Å². The Labute approximate surface area is 79.2 Å². The molecule has 0 saturated carbocycles. The Kier molecular flexibility index (Phi) is 2.12. The normalized spacial score (nSPS) is 16.3. The summed E-state index contributed by atoms with van der Waals surface area (Å²) >= 11 is 0. The molecule has 0 aromatic carbocycles. The zero-order valence-electron chi connectivity index (χ0n) is 8.59. The minimum Gasteiger partial charge on any atom is -0.329 e. The maximum absolute atomic E-state index is 4.57. The van der Waals surface area contributed by atoms with Gasteiger partial charge in [0, 0.05) is 18.8 Å². The zero-order chi connectivity index (χ0) is 9.42. The van der Waals surface area contributed by atoms with E-state index < -0.39 is 0 Å². The zero-order valence-corrected chi connectivity index (χ0v) is 8.59. The Bertz CT molecular complexity index is 312. The summed E-state index contributed by atoms with van der Waals surface area (Å²) in [5, 5.41) is 3.34. The number of aromatic nitrogens is 2. The number of fused-ring (bicyclic) bond motifs is 1. The van der Waals surface area contributed by atoms with Gasteiger partial charge in [-0.3, -0.25) is 0 Å². The minimum absolute atomic E-state index is 0.583. The van der Waals surface area contributed by atoms with Gasteiger partial charge in [0.25, 0.3) is 0 Å². The monoisotopic (exact) mass is 179 g/mol. The molecule has 3 heteroatoms. The Morgan fingerprint density at radius 3 is 2.92 bits per heavy atom. The van der Waals surface area contributed by atoms with Crippen molar-refractivity contribution in [2.24, 2.45) is 0 Å². The molecule has 13 heavy (non-hydrogen) atoms. The van der Waals surface area contributed by atoms with Gasteiger partial charge in [-0.05, 0) is 12.8 Å². The van der Waals surface area contributed by atoms with Crippen molar-refractivity contribution in [2.45, 2.75) is 39.8 Å². The first-order valence-electron chi connectivity index (χ1n) is 4.96. The maximum atomic E-state index is 4.57.